The van der Waals surface area contributed by atoms with Crippen molar-refractivity contribution in [1.82, 2.24) is 0 Å². The summed E-state index contributed by atoms with van der Waals surface area (Å²) in [6.45, 7) is 0. The summed E-state index contributed by atoms with van der Waals surface area (Å²) in [7, 11) is -3.34. The molecule has 0 aliphatic heterocycles. The Bertz CT molecular complexity index is 3510. The molecule has 2 heterocycles. The summed E-state index contributed by atoms with van der Waals surface area (Å²) in [4.78, 5) is 0. The Hall–Kier alpha value is -6.09. The van der Waals surface area contributed by atoms with Crippen LogP contribution in [0.5, 0.6) is 0 Å². The Morgan fingerprint density at radius 2 is 0.696 bits per heavy atom. The fourth-order valence-corrected chi connectivity index (χ4v) is 14.0. The van der Waals surface area contributed by atoms with E-state index in [0.717, 1.165) is 32.2 Å². The van der Waals surface area contributed by atoms with Crippen LogP contribution in [-0.4, -0.2) is 0 Å². The van der Waals surface area contributed by atoms with Gasteiger partial charge in [0.15, 0.2) is 7.14 Å². The maximum Gasteiger partial charge on any atom is 0.171 e. The SMILES string of the molecule is O=P(c1ccc(-c2cc3c4ccccc4c4ccccc4c3c3ccccc23)cc1)(c1ccc2sc3ccccc3c2c1)c1ccc2sc3ccccc3c2c1. The summed E-state index contributed by atoms with van der Waals surface area (Å²) >= 11 is 3.58. The average Bonchev–Trinajstić information content (AvgIpc) is 3.83. The van der Waals surface area contributed by atoms with Crippen molar-refractivity contribution in [3.8, 4) is 11.1 Å². The maximum absolute atomic E-state index is 16.3. The third-order valence-electron chi connectivity index (χ3n) is 11.7. The van der Waals surface area contributed by atoms with Crippen molar-refractivity contribution in [1.29, 1.82) is 0 Å². The van der Waals surface area contributed by atoms with Gasteiger partial charge in [0.1, 0.15) is 0 Å². The zero-order chi connectivity index (χ0) is 37.0. The lowest BCUT2D eigenvalue weighted by molar-refractivity contribution is 0.592. The van der Waals surface area contributed by atoms with E-state index >= 15 is 4.57 Å². The van der Waals surface area contributed by atoms with Crippen molar-refractivity contribution in [2.75, 3.05) is 0 Å². The largest absolute Gasteiger partial charge is 0.309 e. The molecule has 0 saturated heterocycles. The van der Waals surface area contributed by atoms with Crippen LogP contribution in [-0.2, 0) is 4.57 Å². The molecule has 1 nitrogen and oxygen atoms in total. The molecule has 56 heavy (non-hydrogen) atoms. The van der Waals surface area contributed by atoms with E-state index in [1.165, 1.54) is 78.2 Å². The number of benzene rings is 10. The van der Waals surface area contributed by atoms with Crippen LogP contribution in [0.4, 0.5) is 0 Å². The van der Waals surface area contributed by atoms with E-state index in [-0.39, 0.29) is 0 Å². The monoisotopic (exact) mass is 766 g/mol. The van der Waals surface area contributed by atoms with E-state index in [1.807, 2.05) is 0 Å². The van der Waals surface area contributed by atoms with Crippen LogP contribution in [0.3, 0.4) is 0 Å². The molecular formula is C52H31OPS2. The fourth-order valence-electron chi connectivity index (χ4n) is 9.12. The molecule has 0 amide bonds. The molecule has 0 bridgehead atoms. The van der Waals surface area contributed by atoms with Crippen molar-refractivity contribution in [2.45, 2.75) is 0 Å². The molecule has 4 heteroatoms. The van der Waals surface area contributed by atoms with Crippen LogP contribution in [0.25, 0.3) is 94.6 Å². The first kappa shape index (κ1) is 32.2. The van der Waals surface area contributed by atoms with Crippen LogP contribution in [0.15, 0.2) is 188 Å². The van der Waals surface area contributed by atoms with Gasteiger partial charge < -0.3 is 4.57 Å². The Morgan fingerprint density at radius 3 is 1.25 bits per heavy atom. The van der Waals surface area contributed by atoms with E-state index in [1.54, 1.807) is 22.7 Å². The van der Waals surface area contributed by atoms with Crippen molar-refractivity contribution >= 4 is 129 Å². The van der Waals surface area contributed by atoms with Gasteiger partial charge in [-0.25, -0.2) is 0 Å². The lowest BCUT2D eigenvalue weighted by Gasteiger charge is -2.21. The summed E-state index contributed by atoms with van der Waals surface area (Å²) < 4.78 is 21.2. The lowest BCUT2D eigenvalue weighted by atomic mass is 9.87. The summed E-state index contributed by atoms with van der Waals surface area (Å²) in [6.07, 6.45) is 0. The first-order valence-electron chi connectivity index (χ1n) is 18.9. The molecule has 10 aromatic carbocycles. The standard InChI is InChI=1S/C52H31OPS2/c53-54(34-25-27-50-45(29-34)40-15-7-9-19-48(40)55-50,35-26-28-51-46(30-35)41-16-8-10-20-49(41)56-51)33-23-21-32(22-24-33)44-31-47-38-13-2-1-11-36(38)37-12-3-5-17-42(37)52(47)43-18-6-4-14-39(43)44/h1-31H. The number of thiophene rings is 2. The van der Waals surface area contributed by atoms with Gasteiger partial charge in [0.25, 0.3) is 0 Å². The molecule has 0 unspecified atom stereocenters. The van der Waals surface area contributed by atoms with Crippen LogP contribution >= 0.6 is 29.8 Å². The molecule has 12 rings (SSSR count). The van der Waals surface area contributed by atoms with Crippen LogP contribution in [0.2, 0.25) is 0 Å². The second kappa shape index (κ2) is 12.2. The second-order valence-corrected chi connectivity index (χ2v) is 19.6. The van der Waals surface area contributed by atoms with Gasteiger partial charge in [0, 0.05) is 56.3 Å². The van der Waals surface area contributed by atoms with Crippen molar-refractivity contribution < 1.29 is 4.57 Å². The summed E-state index contributed by atoms with van der Waals surface area (Å²) in [5.74, 6) is 0. The smallest absolute Gasteiger partial charge is 0.171 e. The zero-order valence-electron chi connectivity index (χ0n) is 30.1. The van der Waals surface area contributed by atoms with Gasteiger partial charge in [0.05, 0.1) is 0 Å². The van der Waals surface area contributed by atoms with Gasteiger partial charge in [-0.05, 0) is 109 Å². The number of hydrogen-bond acceptors (Lipinski definition) is 3. The van der Waals surface area contributed by atoms with E-state index < -0.39 is 7.14 Å². The Morgan fingerprint density at radius 1 is 0.304 bits per heavy atom. The quantitative estimate of drug-likeness (QED) is 0.129. The number of hydrogen-bond donors (Lipinski definition) is 0. The summed E-state index contributed by atoms with van der Waals surface area (Å²) in [6, 6.07) is 67.4. The third-order valence-corrected chi connectivity index (χ3v) is 17.1. The predicted octanol–water partition coefficient (Wildman–Crippen LogP) is 14.3. The molecular weight excluding hydrogens is 736 g/mol. The van der Waals surface area contributed by atoms with E-state index in [9.17, 15) is 0 Å². The molecule has 0 fully saturated rings. The number of fused-ring (bicyclic) bond motifs is 14. The van der Waals surface area contributed by atoms with Crippen LogP contribution in [0, 0.1) is 0 Å². The molecule has 0 aliphatic rings. The van der Waals surface area contributed by atoms with Crippen molar-refractivity contribution in [3.63, 3.8) is 0 Å². The van der Waals surface area contributed by atoms with Gasteiger partial charge in [-0.15, -0.1) is 22.7 Å². The molecule has 262 valence electrons. The lowest BCUT2D eigenvalue weighted by Crippen LogP contribution is -2.25. The van der Waals surface area contributed by atoms with E-state index in [2.05, 4.69) is 188 Å². The van der Waals surface area contributed by atoms with Crippen LogP contribution in [0.1, 0.15) is 0 Å². The third kappa shape index (κ3) is 4.63. The molecule has 0 aliphatic carbocycles. The van der Waals surface area contributed by atoms with Gasteiger partial charge in [-0.1, -0.05) is 133 Å². The highest BCUT2D eigenvalue weighted by molar-refractivity contribution is 7.85. The van der Waals surface area contributed by atoms with Gasteiger partial charge in [0.2, 0.25) is 0 Å². The summed E-state index contributed by atoms with van der Waals surface area (Å²) in [5.41, 5.74) is 2.28. The number of rotatable bonds is 4. The normalized spacial score (nSPS) is 12.4. The van der Waals surface area contributed by atoms with Crippen molar-refractivity contribution in [2.24, 2.45) is 0 Å². The van der Waals surface area contributed by atoms with Crippen molar-refractivity contribution in [3.05, 3.63) is 188 Å². The average molecular weight is 767 g/mol. The zero-order valence-corrected chi connectivity index (χ0v) is 32.6. The van der Waals surface area contributed by atoms with Gasteiger partial charge >= 0.3 is 0 Å². The topological polar surface area (TPSA) is 17.1 Å². The van der Waals surface area contributed by atoms with E-state index in [4.69, 9.17) is 0 Å². The molecule has 12 aromatic rings. The molecule has 0 spiro atoms. The second-order valence-electron chi connectivity index (χ2n) is 14.7. The first-order valence-corrected chi connectivity index (χ1v) is 22.3. The summed E-state index contributed by atoms with van der Waals surface area (Å²) in [5, 5.41) is 17.3. The highest BCUT2D eigenvalue weighted by atomic mass is 32.1. The molecule has 0 N–H and O–H groups in total. The highest BCUT2D eigenvalue weighted by Gasteiger charge is 2.31. The Balaban J connectivity index is 1.09. The van der Waals surface area contributed by atoms with Gasteiger partial charge in [-0.3, -0.25) is 0 Å². The van der Waals surface area contributed by atoms with Crippen LogP contribution < -0.4 is 15.9 Å². The molecule has 0 atom stereocenters. The molecule has 0 radical (unpaired) electrons. The molecule has 2 aromatic heterocycles. The highest BCUT2D eigenvalue weighted by Crippen LogP contribution is 2.48. The Kier molecular flexibility index (Phi) is 7.01. The minimum Gasteiger partial charge on any atom is -0.309 e. The molecule has 0 saturated carbocycles. The predicted molar refractivity (Wildman–Crippen MR) is 247 cm³/mol. The fraction of sp³-hybridized carbons (Fsp3) is 0. The Labute approximate surface area is 331 Å². The minimum atomic E-state index is -3.34. The minimum absolute atomic E-state index is 0.834. The van der Waals surface area contributed by atoms with E-state index in [0.29, 0.717) is 0 Å². The maximum atomic E-state index is 16.3. The first-order chi connectivity index (χ1) is 27.6. The van der Waals surface area contributed by atoms with Gasteiger partial charge in [-0.2, -0.15) is 0 Å².